The molecule has 1 heterocycles. The molecule has 0 unspecified atom stereocenters. The van der Waals surface area contributed by atoms with Crippen molar-refractivity contribution in [2.45, 2.75) is 60.0 Å². The number of methoxy groups -OCH3 is 1. The van der Waals surface area contributed by atoms with Gasteiger partial charge >= 0.3 is 0 Å². The molecule has 0 fully saturated rings. The van der Waals surface area contributed by atoms with E-state index in [1.165, 1.54) is 38.9 Å². The Morgan fingerprint density at radius 3 is 2.05 bits per heavy atom. The summed E-state index contributed by atoms with van der Waals surface area (Å²) in [6, 6.07) is 28.4. The maximum Gasteiger partial charge on any atom is 0.127 e. The Morgan fingerprint density at radius 1 is 0.757 bits per heavy atom. The van der Waals surface area contributed by atoms with E-state index in [0.29, 0.717) is 0 Å². The summed E-state index contributed by atoms with van der Waals surface area (Å²) in [6.45, 7) is 11.3. The number of aromatic nitrogens is 1. The Morgan fingerprint density at radius 2 is 1.43 bits per heavy atom. The molecular formula is C34H40N2O. The van der Waals surface area contributed by atoms with E-state index < -0.39 is 0 Å². The molecule has 0 bridgehead atoms. The van der Waals surface area contributed by atoms with Gasteiger partial charge in [-0.25, -0.2) is 0 Å². The van der Waals surface area contributed by atoms with E-state index in [2.05, 4.69) is 111 Å². The van der Waals surface area contributed by atoms with E-state index in [-0.39, 0.29) is 0 Å². The fraction of sp³-hybridized carbons (Fsp3) is 0.324. The molecule has 0 aliphatic rings. The molecule has 192 valence electrons. The average Bonchev–Trinajstić information content (AvgIpc) is 2.93. The Bertz CT molecular complexity index is 1270. The van der Waals surface area contributed by atoms with E-state index in [9.17, 15) is 0 Å². The molecule has 0 N–H and O–H groups in total. The van der Waals surface area contributed by atoms with Gasteiger partial charge in [0.05, 0.1) is 12.8 Å². The summed E-state index contributed by atoms with van der Waals surface area (Å²) in [6.07, 6.45) is 2.97. The third-order valence-electron chi connectivity index (χ3n) is 7.23. The second-order valence-corrected chi connectivity index (χ2v) is 9.86. The van der Waals surface area contributed by atoms with Crippen molar-refractivity contribution >= 4 is 0 Å². The predicted molar refractivity (Wildman–Crippen MR) is 155 cm³/mol. The zero-order valence-corrected chi connectivity index (χ0v) is 23.1. The topological polar surface area (TPSA) is 25.4 Å². The summed E-state index contributed by atoms with van der Waals surface area (Å²) in [5.74, 6) is 0.920. The standard InChI is InChI=1S/C34H40N2O/c1-6-29-14-11-15-30(7-2)34(29)32-22-33(37-5)31(26(4)35-32)24-36(21-20-27-12-9-8-10-13-27)23-28-18-16-25(3)17-19-28/h8-19,22H,6-7,20-21,23-24H2,1-5H3. The lowest BCUT2D eigenvalue weighted by Gasteiger charge is -2.25. The second-order valence-electron chi connectivity index (χ2n) is 9.86. The van der Waals surface area contributed by atoms with Crippen LogP contribution in [0.15, 0.2) is 78.9 Å². The minimum absolute atomic E-state index is 0.791. The van der Waals surface area contributed by atoms with Crippen LogP contribution in [-0.2, 0) is 32.4 Å². The summed E-state index contributed by atoms with van der Waals surface area (Å²) >= 11 is 0. The van der Waals surface area contributed by atoms with Crippen LogP contribution in [0.4, 0.5) is 0 Å². The zero-order chi connectivity index (χ0) is 26.2. The van der Waals surface area contributed by atoms with Crippen molar-refractivity contribution in [1.29, 1.82) is 0 Å². The molecule has 0 spiro atoms. The predicted octanol–water partition coefficient (Wildman–Crippen LogP) is 7.74. The molecule has 0 saturated carbocycles. The lowest BCUT2D eigenvalue weighted by atomic mass is 9.94. The maximum absolute atomic E-state index is 6.00. The van der Waals surface area contributed by atoms with Crippen LogP contribution < -0.4 is 4.74 Å². The van der Waals surface area contributed by atoms with E-state index in [1.54, 1.807) is 7.11 Å². The monoisotopic (exact) mass is 492 g/mol. The number of pyridine rings is 1. The summed E-state index contributed by atoms with van der Waals surface area (Å²) in [7, 11) is 1.78. The highest BCUT2D eigenvalue weighted by Crippen LogP contribution is 2.33. The van der Waals surface area contributed by atoms with Gasteiger partial charge < -0.3 is 4.74 Å². The molecule has 0 radical (unpaired) electrons. The van der Waals surface area contributed by atoms with Gasteiger partial charge in [0.2, 0.25) is 0 Å². The SMILES string of the molecule is CCc1cccc(CC)c1-c1cc(OC)c(CN(CCc2ccccc2)Cc2ccc(C)cc2)c(C)n1. The van der Waals surface area contributed by atoms with Crippen LogP contribution >= 0.6 is 0 Å². The van der Waals surface area contributed by atoms with Crippen LogP contribution in [0.3, 0.4) is 0 Å². The highest BCUT2D eigenvalue weighted by atomic mass is 16.5. The summed E-state index contributed by atoms with van der Waals surface area (Å²) in [5, 5.41) is 0. The highest BCUT2D eigenvalue weighted by molar-refractivity contribution is 5.70. The van der Waals surface area contributed by atoms with E-state index in [1.807, 2.05) is 0 Å². The largest absolute Gasteiger partial charge is 0.496 e. The van der Waals surface area contributed by atoms with Crippen molar-refractivity contribution < 1.29 is 4.74 Å². The number of hydrogen-bond donors (Lipinski definition) is 0. The molecule has 37 heavy (non-hydrogen) atoms. The van der Waals surface area contributed by atoms with Crippen molar-refractivity contribution in [1.82, 2.24) is 9.88 Å². The number of ether oxygens (including phenoxy) is 1. The van der Waals surface area contributed by atoms with Crippen LogP contribution in [0.1, 0.15) is 52.9 Å². The van der Waals surface area contributed by atoms with Crippen LogP contribution in [0.5, 0.6) is 5.75 Å². The van der Waals surface area contributed by atoms with Gasteiger partial charge in [-0.05, 0) is 55.4 Å². The third-order valence-corrected chi connectivity index (χ3v) is 7.23. The molecular weight excluding hydrogens is 452 g/mol. The van der Waals surface area contributed by atoms with Crippen molar-refractivity contribution in [2.24, 2.45) is 0 Å². The maximum atomic E-state index is 6.00. The van der Waals surface area contributed by atoms with Crippen LogP contribution in [0, 0.1) is 13.8 Å². The van der Waals surface area contributed by atoms with Crippen molar-refractivity contribution in [3.63, 3.8) is 0 Å². The molecule has 3 nitrogen and oxygen atoms in total. The van der Waals surface area contributed by atoms with Gasteiger partial charge in [-0.1, -0.05) is 92.2 Å². The molecule has 0 aliphatic heterocycles. The Balaban J connectivity index is 1.67. The van der Waals surface area contributed by atoms with Crippen molar-refractivity contribution in [3.05, 3.63) is 118 Å². The molecule has 0 amide bonds. The smallest absolute Gasteiger partial charge is 0.127 e. The zero-order valence-electron chi connectivity index (χ0n) is 23.1. The number of rotatable bonds is 11. The average molecular weight is 493 g/mol. The Hall–Kier alpha value is -3.43. The molecule has 0 aliphatic carbocycles. The minimum Gasteiger partial charge on any atom is -0.496 e. The number of benzene rings is 3. The van der Waals surface area contributed by atoms with Gasteiger partial charge in [0.15, 0.2) is 0 Å². The Kier molecular flexibility index (Phi) is 9.14. The molecule has 0 saturated heterocycles. The number of hydrogen-bond acceptors (Lipinski definition) is 3. The van der Waals surface area contributed by atoms with Gasteiger partial charge in [0.1, 0.15) is 5.75 Å². The fourth-order valence-corrected chi connectivity index (χ4v) is 5.07. The van der Waals surface area contributed by atoms with Gasteiger partial charge in [-0.15, -0.1) is 0 Å². The van der Waals surface area contributed by atoms with Crippen LogP contribution in [0.2, 0.25) is 0 Å². The normalized spacial score (nSPS) is 11.2. The Labute approximate surface area is 223 Å². The van der Waals surface area contributed by atoms with Gasteiger partial charge in [-0.3, -0.25) is 9.88 Å². The third kappa shape index (κ3) is 6.67. The number of nitrogens with zero attached hydrogens (tertiary/aromatic N) is 2. The summed E-state index contributed by atoms with van der Waals surface area (Å²) in [4.78, 5) is 7.67. The molecule has 3 heteroatoms. The van der Waals surface area contributed by atoms with E-state index in [0.717, 1.165) is 56.0 Å². The molecule has 4 aromatic rings. The molecule has 1 aromatic heterocycles. The van der Waals surface area contributed by atoms with Crippen LogP contribution in [0.25, 0.3) is 11.3 Å². The lowest BCUT2D eigenvalue weighted by Crippen LogP contribution is -2.26. The summed E-state index contributed by atoms with van der Waals surface area (Å²) < 4.78 is 6.00. The van der Waals surface area contributed by atoms with Crippen molar-refractivity contribution in [2.75, 3.05) is 13.7 Å². The van der Waals surface area contributed by atoms with Gasteiger partial charge in [0.25, 0.3) is 0 Å². The minimum atomic E-state index is 0.791. The first kappa shape index (κ1) is 26.6. The first-order chi connectivity index (χ1) is 18.0. The molecule has 0 atom stereocenters. The van der Waals surface area contributed by atoms with Gasteiger partial charge in [-0.2, -0.15) is 0 Å². The quantitative estimate of drug-likeness (QED) is 0.214. The lowest BCUT2D eigenvalue weighted by molar-refractivity contribution is 0.254. The van der Waals surface area contributed by atoms with E-state index in [4.69, 9.17) is 9.72 Å². The highest BCUT2D eigenvalue weighted by Gasteiger charge is 2.18. The molecule has 3 aromatic carbocycles. The molecule has 4 rings (SSSR count). The van der Waals surface area contributed by atoms with E-state index >= 15 is 0 Å². The van der Waals surface area contributed by atoms with Gasteiger partial charge in [0, 0.05) is 42.5 Å². The van der Waals surface area contributed by atoms with Crippen LogP contribution in [-0.4, -0.2) is 23.5 Å². The van der Waals surface area contributed by atoms with Crippen molar-refractivity contribution in [3.8, 4) is 17.0 Å². The summed E-state index contributed by atoms with van der Waals surface area (Å²) in [5.41, 5.74) is 11.1. The fourth-order valence-electron chi connectivity index (χ4n) is 5.07. The number of aryl methyl sites for hydroxylation is 4. The second kappa shape index (κ2) is 12.7. The first-order valence-corrected chi connectivity index (χ1v) is 13.5. The first-order valence-electron chi connectivity index (χ1n) is 13.5.